The smallest absolute Gasteiger partial charge is 0.147 e. The third-order valence-electron chi connectivity index (χ3n) is 4.36. The molecule has 3 nitrogen and oxygen atoms in total. The van der Waals surface area contributed by atoms with Gasteiger partial charge in [-0.2, -0.15) is 0 Å². The molecular weight excluding hydrogens is 286 g/mol. The molecular formula is C20H25NO2. The number of hydrogen-bond acceptors (Lipinski definition) is 3. The van der Waals surface area contributed by atoms with Crippen molar-refractivity contribution >= 4 is 5.78 Å². The van der Waals surface area contributed by atoms with Gasteiger partial charge >= 0.3 is 0 Å². The SMILES string of the molecule is CCC(=O)C(CCN(C)C)(c1ccccc1)c1ccc(O)cc1. The lowest BCUT2D eigenvalue weighted by Crippen LogP contribution is -2.39. The maximum atomic E-state index is 13.1. The number of Topliss-reactive ketones (excluding diaryl/α,β-unsaturated/α-hetero) is 1. The Labute approximate surface area is 138 Å². The van der Waals surface area contributed by atoms with Gasteiger partial charge in [0.15, 0.2) is 0 Å². The van der Waals surface area contributed by atoms with Crippen LogP contribution >= 0.6 is 0 Å². The maximum Gasteiger partial charge on any atom is 0.147 e. The minimum absolute atomic E-state index is 0.205. The van der Waals surface area contributed by atoms with E-state index in [1.54, 1.807) is 12.1 Å². The summed E-state index contributed by atoms with van der Waals surface area (Å²) in [7, 11) is 4.03. The van der Waals surface area contributed by atoms with Crippen LogP contribution in [0.5, 0.6) is 5.75 Å². The van der Waals surface area contributed by atoms with E-state index in [0.29, 0.717) is 12.8 Å². The summed E-state index contributed by atoms with van der Waals surface area (Å²) in [5.41, 5.74) is 1.28. The molecule has 0 spiro atoms. The number of carbonyl (C=O) groups excluding carboxylic acids is 1. The molecule has 0 fully saturated rings. The van der Waals surface area contributed by atoms with Crippen LogP contribution in [-0.4, -0.2) is 36.4 Å². The molecule has 0 heterocycles. The van der Waals surface area contributed by atoms with Crippen LogP contribution in [0.2, 0.25) is 0 Å². The fourth-order valence-corrected chi connectivity index (χ4v) is 3.08. The minimum Gasteiger partial charge on any atom is -0.508 e. The standard InChI is InChI=1S/C20H25NO2/c1-4-19(23)20(14-15-21(2)3,16-8-6-5-7-9-16)17-10-12-18(22)13-11-17/h5-13,22H,4,14-15H2,1-3H3. The van der Waals surface area contributed by atoms with E-state index >= 15 is 0 Å². The van der Waals surface area contributed by atoms with Crippen molar-refractivity contribution in [2.24, 2.45) is 0 Å². The van der Waals surface area contributed by atoms with Gasteiger partial charge in [0.25, 0.3) is 0 Å². The maximum absolute atomic E-state index is 13.1. The normalized spacial score (nSPS) is 13.7. The van der Waals surface area contributed by atoms with Crippen LogP contribution in [0.1, 0.15) is 30.9 Å². The average Bonchev–Trinajstić information content (AvgIpc) is 2.57. The molecule has 0 aliphatic rings. The second-order valence-electron chi connectivity index (χ2n) is 6.15. The average molecular weight is 311 g/mol. The van der Waals surface area contributed by atoms with Crippen molar-refractivity contribution < 1.29 is 9.90 Å². The van der Waals surface area contributed by atoms with Gasteiger partial charge in [-0.05, 0) is 50.3 Å². The molecule has 122 valence electrons. The first-order valence-electron chi connectivity index (χ1n) is 8.03. The van der Waals surface area contributed by atoms with E-state index in [4.69, 9.17) is 0 Å². The highest BCUT2D eigenvalue weighted by atomic mass is 16.3. The molecule has 0 bridgehead atoms. The van der Waals surface area contributed by atoms with Crippen molar-refractivity contribution in [1.29, 1.82) is 0 Å². The number of benzene rings is 2. The van der Waals surface area contributed by atoms with E-state index in [1.807, 2.05) is 63.5 Å². The Morgan fingerprint density at radius 3 is 2.09 bits per heavy atom. The topological polar surface area (TPSA) is 40.5 Å². The lowest BCUT2D eigenvalue weighted by molar-refractivity contribution is -0.123. The second-order valence-corrected chi connectivity index (χ2v) is 6.15. The fraction of sp³-hybridized carbons (Fsp3) is 0.350. The van der Waals surface area contributed by atoms with Gasteiger partial charge in [-0.1, -0.05) is 49.4 Å². The Kier molecular flexibility index (Phi) is 5.56. The summed E-state index contributed by atoms with van der Waals surface area (Å²) in [6, 6.07) is 17.0. The number of nitrogens with zero attached hydrogens (tertiary/aromatic N) is 1. The molecule has 0 radical (unpaired) electrons. The molecule has 1 unspecified atom stereocenters. The zero-order valence-electron chi connectivity index (χ0n) is 14.1. The number of ketones is 1. The molecule has 0 saturated carbocycles. The number of aromatic hydroxyl groups is 1. The van der Waals surface area contributed by atoms with Gasteiger partial charge in [-0.15, -0.1) is 0 Å². The minimum atomic E-state index is -0.673. The summed E-state index contributed by atoms with van der Waals surface area (Å²) in [4.78, 5) is 15.1. The van der Waals surface area contributed by atoms with Crippen molar-refractivity contribution in [3.8, 4) is 5.75 Å². The molecule has 0 amide bonds. The van der Waals surface area contributed by atoms with E-state index in [9.17, 15) is 9.90 Å². The molecule has 1 atom stereocenters. The van der Waals surface area contributed by atoms with Crippen LogP contribution in [0.15, 0.2) is 54.6 Å². The van der Waals surface area contributed by atoms with Gasteiger partial charge in [0.1, 0.15) is 11.5 Å². The van der Waals surface area contributed by atoms with Crippen LogP contribution in [0, 0.1) is 0 Å². The van der Waals surface area contributed by atoms with Gasteiger partial charge in [-0.3, -0.25) is 4.79 Å². The number of carbonyl (C=O) groups is 1. The Bertz CT molecular complexity index is 634. The summed E-state index contributed by atoms with van der Waals surface area (Å²) >= 11 is 0. The monoisotopic (exact) mass is 311 g/mol. The number of hydrogen-bond donors (Lipinski definition) is 1. The van der Waals surface area contributed by atoms with Gasteiger partial charge < -0.3 is 10.0 Å². The van der Waals surface area contributed by atoms with E-state index < -0.39 is 5.41 Å². The Hall–Kier alpha value is -2.13. The lowest BCUT2D eigenvalue weighted by Gasteiger charge is -2.34. The first-order chi connectivity index (χ1) is 11.0. The first kappa shape index (κ1) is 17.2. The molecule has 0 aromatic heterocycles. The summed E-state index contributed by atoms with van der Waals surface area (Å²) in [6.45, 7) is 2.72. The molecule has 2 aromatic rings. The van der Waals surface area contributed by atoms with Crippen molar-refractivity contribution in [3.63, 3.8) is 0 Å². The summed E-state index contributed by atoms with van der Waals surface area (Å²) in [6.07, 6.45) is 1.19. The van der Waals surface area contributed by atoms with Crippen LogP contribution < -0.4 is 0 Å². The Morgan fingerprint density at radius 2 is 1.57 bits per heavy atom. The molecule has 23 heavy (non-hydrogen) atoms. The van der Waals surface area contributed by atoms with Crippen molar-refractivity contribution in [2.75, 3.05) is 20.6 Å². The molecule has 1 N–H and O–H groups in total. The molecule has 2 aromatic carbocycles. The zero-order valence-corrected chi connectivity index (χ0v) is 14.1. The van der Waals surface area contributed by atoms with Crippen molar-refractivity contribution in [2.45, 2.75) is 25.2 Å². The third-order valence-corrected chi connectivity index (χ3v) is 4.36. The Morgan fingerprint density at radius 1 is 1.00 bits per heavy atom. The van der Waals surface area contributed by atoms with Gasteiger partial charge in [0.2, 0.25) is 0 Å². The number of phenolic OH excluding ortho intramolecular Hbond substituents is 1. The molecule has 3 heteroatoms. The highest BCUT2D eigenvalue weighted by Crippen LogP contribution is 2.38. The van der Waals surface area contributed by atoms with Gasteiger partial charge in [0.05, 0.1) is 5.41 Å². The number of rotatable bonds is 7. The highest BCUT2D eigenvalue weighted by Gasteiger charge is 2.40. The van der Waals surface area contributed by atoms with E-state index in [-0.39, 0.29) is 11.5 Å². The fourth-order valence-electron chi connectivity index (χ4n) is 3.08. The quantitative estimate of drug-likeness (QED) is 0.849. The third kappa shape index (κ3) is 3.62. The summed E-state index contributed by atoms with van der Waals surface area (Å²) in [5, 5.41) is 9.61. The molecule has 0 aliphatic heterocycles. The van der Waals surface area contributed by atoms with Crippen molar-refractivity contribution in [1.82, 2.24) is 4.90 Å². The van der Waals surface area contributed by atoms with E-state index in [0.717, 1.165) is 17.7 Å². The lowest BCUT2D eigenvalue weighted by atomic mass is 9.68. The number of phenols is 1. The van der Waals surface area contributed by atoms with Crippen LogP contribution in [0.3, 0.4) is 0 Å². The van der Waals surface area contributed by atoms with Crippen molar-refractivity contribution in [3.05, 3.63) is 65.7 Å². The van der Waals surface area contributed by atoms with E-state index in [2.05, 4.69) is 4.90 Å². The predicted octanol–water partition coefficient (Wildman–Crippen LogP) is 3.61. The highest BCUT2D eigenvalue weighted by molar-refractivity contribution is 5.93. The zero-order chi connectivity index (χ0) is 16.9. The molecule has 2 rings (SSSR count). The van der Waals surface area contributed by atoms with Crippen LogP contribution in [0.25, 0.3) is 0 Å². The van der Waals surface area contributed by atoms with Gasteiger partial charge in [-0.25, -0.2) is 0 Å². The summed E-state index contributed by atoms with van der Waals surface area (Å²) < 4.78 is 0. The van der Waals surface area contributed by atoms with Crippen LogP contribution in [-0.2, 0) is 10.2 Å². The second kappa shape index (κ2) is 7.42. The Balaban J connectivity index is 2.63. The molecule has 0 saturated heterocycles. The first-order valence-corrected chi connectivity index (χ1v) is 8.03. The molecule has 0 aliphatic carbocycles. The van der Waals surface area contributed by atoms with Gasteiger partial charge in [0, 0.05) is 6.42 Å². The predicted molar refractivity (Wildman–Crippen MR) is 93.8 cm³/mol. The van der Waals surface area contributed by atoms with Crippen LogP contribution in [0.4, 0.5) is 0 Å². The largest absolute Gasteiger partial charge is 0.508 e. The summed E-state index contributed by atoms with van der Waals surface area (Å²) in [5.74, 6) is 0.420. The van der Waals surface area contributed by atoms with E-state index in [1.165, 1.54) is 0 Å².